The molecule has 0 bridgehead atoms. The Balaban J connectivity index is 1.87. The lowest BCUT2D eigenvalue weighted by Gasteiger charge is -2.22. The summed E-state index contributed by atoms with van der Waals surface area (Å²) in [5.41, 5.74) is 0. The molecule has 6 nitrogen and oxygen atoms in total. The van der Waals surface area contributed by atoms with E-state index in [2.05, 4.69) is 29.3 Å². The van der Waals surface area contributed by atoms with E-state index in [1.807, 2.05) is 6.92 Å². The maximum absolute atomic E-state index is 5.81. The van der Waals surface area contributed by atoms with Crippen LogP contribution in [0.15, 0.2) is 4.52 Å². The van der Waals surface area contributed by atoms with Gasteiger partial charge in [-0.05, 0) is 38.8 Å². The smallest absolute Gasteiger partial charge is 0.252 e. The van der Waals surface area contributed by atoms with E-state index in [1.54, 1.807) is 0 Å². The van der Waals surface area contributed by atoms with Crippen LogP contribution in [0.4, 0.5) is 0 Å². The Kier molecular flexibility index (Phi) is 5.94. The van der Waals surface area contributed by atoms with E-state index < -0.39 is 0 Å². The monoisotopic (exact) mass is 283 g/mol. The predicted octanol–water partition coefficient (Wildman–Crippen LogP) is 2.07. The zero-order valence-electron chi connectivity index (χ0n) is 12.6. The fourth-order valence-electron chi connectivity index (χ4n) is 2.34. The van der Waals surface area contributed by atoms with Gasteiger partial charge in [-0.15, -0.1) is 0 Å². The van der Waals surface area contributed by atoms with Crippen LogP contribution in [0.3, 0.4) is 0 Å². The molecular weight excluding hydrogens is 258 g/mol. The Bertz CT molecular complexity index is 389. The largest absolute Gasteiger partial charge is 0.370 e. The van der Waals surface area contributed by atoms with Gasteiger partial charge >= 0.3 is 0 Å². The van der Waals surface area contributed by atoms with Crippen molar-refractivity contribution in [3.8, 4) is 0 Å². The van der Waals surface area contributed by atoms with Gasteiger partial charge in [-0.2, -0.15) is 4.98 Å². The topological polar surface area (TPSA) is 69.4 Å². The summed E-state index contributed by atoms with van der Waals surface area (Å²) in [5.74, 6) is 1.46. The number of nitrogens with zero attached hydrogens (tertiary/aromatic N) is 2. The highest BCUT2D eigenvalue weighted by molar-refractivity contribution is 4.92. The van der Waals surface area contributed by atoms with Gasteiger partial charge in [-0.25, -0.2) is 0 Å². The van der Waals surface area contributed by atoms with Crippen LogP contribution in [0, 0.1) is 5.92 Å². The average Bonchev–Trinajstić information content (AvgIpc) is 2.92. The van der Waals surface area contributed by atoms with Gasteiger partial charge in [0.1, 0.15) is 12.7 Å². The fourth-order valence-corrected chi connectivity index (χ4v) is 2.34. The minimum absolute atomic E-state index is 0.114. The predicted molar refractivity (Wildman–Crippen MR) is 74.2 cm³/mol. The standard InChI is InChI=1S/C14H25N3O3/c1-4-18-13(10(2)3)14-16-12(20-17-14)9-19-11-5-7-15-8-6-11/h10-11,13,15H,4-9H2,1-3H3. The molecule has 6 heteroatoms. The number of hydrogen-bond donors (Lipinski definition) is 1. The van der Waals surface area contributed by atoms with Crippen molar-refractivity contribution in [3.63, 3.8) is 0 Å². The Morgan fingerprint density at radius 2 is 2.10 bits per heavy atom. The van der Waals surface area contributed by atoms with Crippen molar-refractivity contribution in [3.05, 3.63) is 11.7 Å². The van der Waals surface area contributed by atoms with E-state index in [4.69, 9.17) is 14.0 Å². The Morgan fingerprint density at radius 3 is 2.75 bits per heavy atom. The lowest BCUT2D eigenvalue weighted by atomic mass is 10.1. The van der Waals surface area contributed by atoms with Gasteiger partial charge in [0.05, 0.1) is 6.10 Å². The van der Waals surface area contributed by atoms with E-state index in [-0.39, 0.29) is 6.10 Å². The van der Waals surface area contributed by atoms with Crippen LogP contribution in [0.5, 0.6) is 0 Å². The maximum Gasteiger partial charge on any atom is 0.252 e. The molecule has 1 aromatic rings. The molecule has 114 valence electrons. The van der Waals surface area contributed by atoms with Crippen molar-refractivity contribution >= 4 is 0 Å². The second kappa shape index (κ2) is 7.71. The molecule has 20 heavy (non-hydrogen) atoms. The molecule has 1 aliphatic heterocycles. The van der Waals surface area contributed by atoms with E-state index in [0.29, 0.717) is 37.0 Å². The van der Waals surface area contributed by atoms with Crippen molar-refractivity contribution in [2.75, 3.05) is 19.7 Å². The first kappa shape index (κ1) is 15.4. The number of ether oxygens (including phenoxy) is 2. The van der Waals surface area contributed by atoms with Crippen LogP contribution in [-0.2, 0) is 16.1 Å². The van der Waals surface area contributed by atoms with Gasteiger partial charge in [-0.3, -0.25) is 0 Å². The molecule has 1 fully saturated rings. The molecule has 0 aliphatic carbocycles. The Labute approximate surface area is 120 Å². The lowest BCUT2D eigenvalue weighted by molar-refractivity contribution is 0.00857. The van der Waals surface area contributed by atoms with Crippen LogP contribution in [0.2, 0.25) is 0 Å². The number of hydrogen-bond acceptors (Lipinski definition) is 6. The molecular formula is C14H25N3O3. The van der Waals surface area contributed by atoms with Gasteiger partial charge in [0.2, 0.25) is 5.82 Å². The molecule has 0 spiro atoms. The molecule has 1 N–H and O–H groups in total. The van der Waals surface area contributed by atoms with E-state index in [1.165, 1.54) is 0 Å². The molecule has 1 unspecified atom stereocenters. The third-order valence-electron chi connectivity index (χ3n) is 3.42. The molecule has 1 aromatic heterocycles. The highest BCUT2D eigenvalue weighted by atomic mass is 16.5. The summed E-state index contributed by atoms with van der Waals surface area (Å²) in [6, 6.07) is 0. The lowest BCUT2D eigenvalue weighted by Crippen LogP contribution is -2.32. The molecule has 2 heterocycles. The van der Waals surface area contributed by atoms with E-state index in [9.17, 15) is 0 Å². The van der Waals surface area contributed by atoms with Crippen LogP contribution in [0.25, 0.3) is 0 Å². The minimum atomic E-state index is -0.114. The van der Waals surface area contributed by atoms with Crippen molar-refractivity contribution in [2.24, 2.45) is 5.92 Å². The molecule has 1 atom stereocenters. The van der Waals surface area contributed by atoms with Crippen LogP contribution in [0.1, 0.15) is 51.4 Å². The SMILES string of the molecule is CCOC(c1noc(COC2CCNCC2)n1)C(C)C. The zero-order chi connectivity index (χ0) is 14.4. The molecule has 1 saturated heterocycles. The Hall–Kier alpha value is -0.980. The first-order valence-electron chi connectivity index (χ1n) is 7.47. The van der Waals surface area contributed by atoms with Gasteiger partial charge in [0.15, 0.2) is 0 Å². The first-order chi connectivity index (χ1) is 9.70. The van der Waals surface area contributed by atoms with Crippen molar-refractivity contribution < 1.29 is 14.0 Å². The van der Waals surface area contributed by atoms with Crippen LogP contribution >= 0.6 is 0 Å². The highest BCUT2D eigenvalue weighted by Gasteiger charge is 2.22. The minimum Gasteiger partial charge on any atom is -0.370 e. The van der Waals surface area contributed by atoms with Crippen molar-refractivity contribution in [1.29, 1.82) is 0 Å². The van der Waals surface area contributed by atoms with Crippen LogP contribution in [-0.4, -0.2) is 35.9 Å². The summed E-state index contributed by atoms with van der Waals surface area (Å²) in [5, 5.41) is 7.33. The summed E-state index contributed by atoms with van der Waals surface area (Å²) in [7, 11) is 0. The van der Waals surface area contributed by atoms with Gasteiger partial charge in [0, 0.05) is 6.61 Å². The molecule has 2 rings (SSSR count). The van der Waals surface area contributed by atoms with Gasteiger partial charge < -0.3 is 19.3 Å². The van der Waals surface area contributed by atoms with Gasteiger partial charge in [0.25, 0.3) is 5.89 Å². The number of aromatic nitrogens is 2. The molecule has 0 aromatic carbocycles. The van der Waals surface area contributed by atoms with Crippen LogP contribution < -0.4 is 5.32 Å². The summed E-state index contributed by atoms with van der Waals surface area (Å²) >= 11 is 0. The number of rotatable bonds is 7. The van der Waals surface area contributed by atoms with Crippen molar-refractivity contribution in [1.82, 2.24) is 15.5 Å². The van der Waals surface area contributed by atoms with E-state index in [0.717, 1.165) is 25.9 Å². The van der Waals surface area contributed by atoms with Gasteiger partial charge in [-0.1, -0.05) is 19.0 Å². The second-order valence-electron chi connectivity index (χ2n) is 5.43. The third-order valence-corrected chi connectivity index (χ3v) is 3.42. The quantitative estimate of drug-likeness (QED) is 0.826. The van der Waals surface area contributed by atoms with Crippen molar-refractivity contribution in [2.45, 2.75) is 52.4 Å². The number of nitrogens with one attached hydrogen (secondary N) is 1. The highest BCUT2D eigenvalue weighted by Crippen LogP contribution is 2.23. The second-order valence-corrected chi connectivity index (χ2v) is 5.43. The molecule has 0 saturated carbocycles. The molecule has 0 radical (unpaired) electrons. The molecule has 1 aliphatic rings. The third kappa shape index (κ3) is 4.26. The molecule has 0 amide bonds. The first-order valence-corrected chi connectivity index (χ1v) is 7.47. The maximum atomic E-state index is 5.81. The summed E-state index contributed by atoms with van der Waals surface area (Å²) in [6.07, 6.45) is 2.25. The summed E-state index contributed by atoms with van der Waals surface area (Å²) in [6.45, 7) is 9.19. The number of piperidine rings is 1. The average molecular weight is 283 g/mol. The normalized spacial score (nSPS) is 18.6. The van der Waals surface area contributed by atoms with E-state index >= 15 is 0 Å². The fraction of sp³-hybridized carbons (Fsp3) is 0.857. The zero-order valence-corrected chi connectivity index (χ0v) is 12.6. The summed E-state index contributed by atoms with van der Waals surface area (Å²) in [4.78, 5) is 4.39. The summed E-state index contributed by atoms with van der Waals surface area (Å²) < 4.78 is 16.7. The Morgan fingerprint density at radius 1 is 1.35 bits per heavy atom.